The van der Waals surface area contributed by atoms with Gasteiger partial charge < -0.3 is 19.7 Å². The lowest BCUT2D eigenvalue weighted by atomic mass is 9.80. The third-order valence-electron chi connectivity index (χ3n) is 6.62. The lowest BCUT2D eigenvalue weighted by Gasteiger charge is -2.41. The van der Waals surface area contributed by atoms with Crippen molar-refractivity contribution in [3.05, 3.63) is 30.3 Å². The Labute approximate surface area is 186 Å². The number of ether oxygens (including phenoxy) is 2. The van der Waals surface area contributed by atoms with Gasteiger partial charge in [-0.2, -0.15) is 0 Å². The summed E-state index contributed by atoms with van der Waals surface area (Å²) in [5, 5.41) is 3.61. The molecule has 1 aromatic rings. The fourth-order valence-electron chi connectivity index (χ4n) is 4.72. The third-order valence-corrected chi connectivity index (χ3v) is 7.07. The molecule has 168 valence electrons. The number of likely N-dealkylation sites (tertiary alicyclic amines) is 1. The van der Waals surface area contributed by atoms with Crippen LogP contribution in [0, 0.1) is 11.8 Å². The molecule has 1 aromatic carbocycles. The molecule has 0 radical (unpaired) electrons. The standard InChI is InChI=1S/C24H38N2O3S/c1-18(2)19-11-13-20(14-12-19)28-16-23-22(25-17-30-3)10-7-15-26(23)24(27)29-21-8-5-4-6-9-21/h4-6,8-9,18-20,22-23,25H,7,10-17H2,1-3H3/t19-,20+,22-,23-/m0/s1. The van der Waals surface area contributed by atoms with Crippen LogP contribution in [-0.2, 0) is 4.74 Å². The van der Waals surface area contributed by atoms with Crippen LogP contribution in [-0.4, -0.2) is 54.5 Å². The van der Waals surface area contributed by atoms with Crippen molar-refractivity contribution in [1.82, 2.24) is 10.2 Å². The van der Waals surface area contributed by atoms with E-state index in [1.165, 1.54) is 12.8 Å². The molecule has 0 unspecified atom stereocenters. The van der Waals surface area contributed by atoms with E-state index in [4.69, 9.17) is 9.47 Å². The van der Waals surface area contributed by atoms with E-state index in [9.17, 15) is 4.79 Å². The Morgan fingerprint density at radius 2 is 1.90 bits per heavy atom. The second-order valence-electron chi connectivity index (χ2n) is 8.94. The summed E-state index contributed by atoms with van der Waals surface area (Å²) in [6, 6.07) is 9.58. The van der Waals surface area contributed by atoms with Crippen molar-refractivity contribution in [2.75, 3.05) is 25.3 Å². The Morgan fingerprint density at radius 3 is 2.57 bits per heavy atom. The maximum atomic E-state index is 13.0. The van der Waals surface area contributed by atoms with E-state index in [1.54, 1.807) is 11.8 Å². The maximum absolute atomic E-state index is 13.0. The highest BCUT2D eigenvalue weighted by molar-refractivity contribution is 7.98. The van der Waals surface area contributed by atoms with Crippen LogP contribution in [0.4, 0.5) is 4.79 Å². The summed E-state index contributed by atoms with van der Waals surface area (Å²) in [4.78, 5) is 14.9. The molecule has 30 heavy (non-hydrogen) atoms. The molecule has 1 N–H and O–H groups in total. The van der Waals surface area contributed by atoms with Crippen molar-refractivity contribution in [3.8, 4) is 5.75 Å². The number of nitrogens with one attached hydrogen (secondary N) is 1. The second-order valence-corrected chi connectivity index (χ2v) is 9.81. The van der Waals surface area contributed by atoms with Gasteiger partial charge in [0.15, 0.2) is 0 Å². The van der Waals surface area contributed by atoms with E-state index in [-0.39, 0.29) is 18.2 Å². The number of thioether (sulfide) groups is 1. The van der Waals surface area contributed by atoms with Gasteiger partial charge in [-0.1, -0.05) is 32.0 Å². The third kappa shape index (κ3) is 6.63. The van der Waals surface area contributed by atoms with Crippen LogP contribution in [0.25, 0.3) is 0 Å². The van der Waals surface area contributed by atoms with Gasteiger partial charge in [0.2, 0.25) is 0 Å². The van der Waals surface area contributed by atoms with Crippen LogP contribution in [0.5, 0.6) is 5.75 Å². The fourth-order valence-corrected chi connectivity index (χ4v) is 5.10. The zero-order chi connectivity index (χ0) is 21.3. The summed E-state index contributed by atoms with van der Waals surface area (Å²) in [6.07, 6.45) is 8.94. The van der Waals surface area contributed by atoms with Gasteiger partial charge in [0.25, 0.3) is 0 Å². The molecule has 0 bridgehead atoms. The van der Waals surface area contributed by atoms with Crippen molar-refractivity contribution in [2.45, 2.75) is 70.6 Å². The molecule has 1 amide bonds. The number of rotatable bonds is 8. The minimum absolute atomic E-state index is 0.00457. The maximum Gasteiger partial charge on any atom is 0.415 e. The molecule has 0 spiro atoms. The smallest absolute Gasteiger partial charge is 0.410 e. The molecule has 2 aliphatic rings. The van der Waals surface area contributed by atoms with Gasteiger partial charge in [-0.05, 0) is 68.7 Å². The van der Waals surface area contributed by atoms with E-state index in [1.807, 2.05) is 35.2 Å². The van der Waals surface area contributed by atoms with E-state index in [2.05, 4.69) is 25.4 Å². The summed E-state index contributed by atoms with van der Waals surface area (Å²) in [5.74, 6) is 3.05. The lowest BCUT2D eigenvalue weighted by Crippen LogP contribution is -2.58. The number of hydrogen-bond donors (Lipinski definition) is 1. The number of piperidine rings is 1. The number of carbonyl (C=O) groups is 1. The van der Waals surface area contributed by atoms with Gasteiger partial charge in [-0.25, -0.2) is 4.79 Å². The highest BCUT2D eigenvalue weighted by Crippen LogP contribution is 2.32. The zero-order valence-electron chi connectivity index (χ0n) is 18.7. The number of nitrogens with zero attached hydrogens (tertiary/aromatic N) is 1. The monoisotopic (exact) mass is 434 g/mol. The Bertz CT molecular complexity index is 635. The molecule has 1 saturated carbocycles. The molecular weight excluding hydrogens is 396 g/mol. The number of amides is 1. The molecule has 1 saturated heterocycles. The van der Waals surface area contributed by atoms with E-state index < -0.39 is 0 Å². The number of benzene rings is 1. The van der Waals surface area contributed by atoms with Crippen LogP contribution in [0.2, 0.25) is 0 Å². The van der Waals surface area contributed by atoms with Crippen molar-refractivity contribution < 1.29 is 14.3 Å². The normalized spacial score (nSPS) is 27.3. The summed E-state index contributed by atoms with van der Waals surface area (Å²) in [6.45, 7) is 5.95. The minimum atomic E-state index is -0.269. The average Bonchev–Trinajstić information content (AvgIpc) is 2.77. The first-order valence-corrected chi connectivity index (χ1v) is 12.8. The molecule has 2 atom stereocenters. The van der Waals surface area contributed by atoms with Crippen molar-refractivity contribution in [1.29, 1.82) is 0 Å². The first-order valence-electron chi connectivity index (χ1n) is 11.5. The summed E-state index contributed by atoms with van der Waals surface area (Å²) < 4.78 is 12.1. The Hall–Kier alpha value is -1.24. The highest BCUT2D eigenvalue weighted by Gasteiger charge is 2.36. The van der Waals surface area contributed by atoms with Crippen molar-refractivity contribution in [2.24, 2.45) is 11.8 Å². The van der Waals surface area contributed by atoms with Crippen molar-refractivity contribution in [3.63, 3.8) is 0 Å². The average molecular weight is 435 g/mol. The van der Waals surface area contributed by atoms with Gasteiger partial charge >= 0.3 is 6.09 Å². The van der Waals surface area contributed by atoms with E-state index in [0.29, 0.717) is 18.5 Å². The Morgan fingerprint density at radius 1 is 1.17 bits per heavy atom. The van der Waals surface area contributed by atoms with Gasteiger partial charge in [0, 0.05) is 18.5 Å². The molecule has 1 aliphatic carbocycles. The number of para-hydroxylation sites is 1. The predicted octanol–water partition coefficient (Wildman–Crippen LogP) is 5.16. The van der Waals surface area contributed by atoms with Crippen LogP contribution >= 0.6 is 11.8 Å². The van der Waals surface area contributed by atoms with Gasteiger partial charge in [-0.15, -0.1) is 11.8 Å². The van der Waals surface area contributed by atoms with Gasteiger partial charge in [-0.3, -0.25) is 0 Å². The largest absolute Gasteiger partial charge is 0.415 e. The molecular formula is C24H38N2O3S. The van der Waals surface area contributed by atoms with Crippen LogP contribution in [0.1, 0.15) is 52.4 Å². The Kier molecular flexibility index (Phi) is 9.34. The first kappa shape index (κ1) is 23.4. The number of hydrogen-bond acceptors (Lipinski definition) is 5. The quantitative estimate of drug-likeness (QED) is 0.573. The predicted molar refractivity (Wildman–Crippen MR) is 124 cm³/mol. The summed E-state index contributed by atoms with van der Waals surface area (Å²) >= 11 is 1.77. The topological polar surface area (TPSA) is 50.8 Å². The molecule has 1 heterocycles. The molecule has 6 heteroatoms. The minimum Gasteiger partial charge on any atom is -0.410 e. The second kappa shape index (κ2) is 12.0. The molecule has 1 aliphatic heterocycles. The van der Waals surface area contributed by atoms with Crippen LogP contribution in [0.15, 0.2) is 30.3 Å². The molecule has 2 fully saturated rings. The van der Waals surface area contributed by atoms with E-state index in [0.717, 1.165) is 49.9 Å². The van der Waals surface area contributed by atoms with Gasteiger partial charge in [0.1, 0.15) is 5.75 Å². The summed E-state index contributed by atoms with van der Waals surface area (Å²) in [7, 11) is 0. The summed E-state index contributed by atoms with van der Waals surface area (Å²) in [5.41, 5.74) is 0. The molecule has 3 rings (SSSR count). The SMILES string of the molecule is CSCN[C@H]1CCCN(C(=O)Oc2ccccc2)[C@H]1CO[C@H]1CC[C@@H](C(C)C)CC1. The van der Waals surface area contributed by atoms with Crippen molar-refractivity contribution >= 4 is 17.9 Å². The highest BCUT2D eigenvalue weighted by atomic mass is 32.2. The Balaban J connectivity index is 1.61. The zero-order valence-corrected chi connectivity index (χ0v) is 19.5. The first-order chi connectivity index (χ1) is 14.6. The lowest BCUT2D eigenvalue weighted by molar-refractivity contribution is -0.0293. The van der Waals surface area contributed by atoms with Crippen LogP contribution in [0.3, 0.4) is 0 Å². The van der Waals surface area contributed by atoms with Gasteiger partial charge in [0.05, 0.1) is 18.8 Å². The molecule has 5 nitrogen and oxygen atoms in total. The fraction of sp³-hybridized carbons (Fsp3) is 0.708. The van der Waals surface area contributed by atoms with Crippen LogP contribution < -0.4 is 10.1 Å². The van der Waals surface area contributed by atoms with E-state index >= 15 is 0 Å². The molecule has 0 aromatic heterocycles. The number of carbonyl (C=O) groups excluding carboxylic acids is 1.